The number of amides is 1. The number of carbonyl (C=O) groups excluding carboxylic acids is 1. The van der Waals surface area contributed by atoms with E-state index in [0.29, 0.717) is 23.0 Å². The molecule has 7 nitrogen and oxygen atoms in total. The quantitative estimate of drug-likeness (QED) is 0.658. The van der Waals surface area contributed by atoms with Gasteiger partial charge in [-0.1, -0.05) is 35.9 Å². The average molecular weight is 459 g/mol. The minimum atomic E-state index is -3.86. The number of hydrogen-bond acceptors (Lipinski definition) is 8. The van der Waals surface area contributed by atoms with Crippen molar-refractivity contribution in [3.8, 4) is 0 Å². The van der Waals surface area contributed by atoms with Crippen LogP contribution in [0.3, 0.4) is 0 Å². The van der Waals surface area contributed by atoms with Gasteiger partial charge in [-0.25, -0.2) is 8.42 Å². The Bertz CT molecular complexity index is 938. The van der Waals surface area contributed by atoms with Crippen molar-refractivity contribution in [3.63, 3.8) is 0 Å². The van der Waals surface area contributed by atoms with E-state index in [9.17, 15) is 13.2 Å². The van der Waals surface area contributed by atoms with Crippen molar-refractivity contribution in [1.29, 1.82) is 0 Å². The van der Waals surface area contributed by atoms with E-state index in [4.69, 9.17) is 0 Å². The molecule has 11 heteroatoms. The molecule has 152 valence electrons. The Morgan fingerprint density at radius 3 is 2.43 bits per heavy atom. The summed E-state index contributed by atoms with van der Waals surface area (Å²) in [6.45, 7) is 1.42. The molecule has 1 aliphatic heterocycles. The van der Waals surface area contributed by atoms with Crippen LogP contribution < -0.4 is 4.72 Å². The number of anilines is 1. The summed E-state index contributed by atoms with van der Waals surface area (Å²) in [6.07, 6.45) is 7.94. The van der Waals surface area contributed by atoms with Gasteiger partial charge in [0, 0.05) is 18.0 Å². The zero-order valence-corrected chi connectivity index (χ0v) is 18.9. The van der Waals surface area contributed by atoms with Crippen LogP contribution >= 0.6 is 34.9 Å². The number of thioether (sulfide) groups is 2. The SMILES string of the molecule is CSc1nnc(NS(=O)(=O)c2ccc(SC)c(C(=O)N3CCCCCC3)c2)s1. The summed E-state index contributed by atoms with van der Waals surface area (Å²) < 4.78 is 28.7. The summed E-state index contributed by atoms with van der Waals surface area (Å²) in [5.74, 6) is -0.108. The molecule has 0 unspecified atom stereocenters. The summed E-state index contributed by atoms with van der Waals surface area (Å²) in [5.41, 5.74) is 0.430. The number of aromatic nitrogens is 2. The summed E-state index contributed by atoms with van der Waals surface area (Å²) in [6, 6.07) is 4.68. The van der Waals surface area contributed by atoms with Gasteiger partial charge in [-0.15, -0.1) is 22.0 Å². The number of benzene rings is 1. The molecule has 0 atom stereocenters. The lowest BCUT2D eigenvalue weighted by Crippen LogP contribution is -2.32. The van der Waals surface area contributed by atoms with E-state index in [1.165, 1.54) is 47.0 Å². The lowest BCUT2D eigenvalue weighted by atomic mass is 10.2. The minimum absolute atomic E-state index is 0.0457. The molecule has 0 radical (unpaired) electrons. The minimum Gasteiger partial charge on any atom is -0.339 e. The lowest BCUT2D eigenvalue weighted by molar-refractivity contribution is 0.0758. The molecule has 1 amide bonds. The van der Waals surface area contributed by atoms with Crippen molar-refractivity contribution in [2.45, 2.75) is 39.8 Å². The van der Waals surface area contributed by atoms with Gasteiger partial charge >= 0.3 is 0 Å². The predicted octanol–water partition coefficient (Wildman–Crippen LogP) is 3.80. The molecule has 28 heavy (non-hydrogen) atoms. The number of nitrogens with one attached hydrogen (secondary N) is 1. The van der Waals surface area contributed by atoms with E-state index in [1.807, 2.05) is 17.4 Å². The van der Waals surface area contributed by atoms with E-state index < -0.39 is 10.0 Å². The Hall–Kier alpha value is -1.30. The molecule has 0 bridgehead atoms. The first-order valence-electron chi connectivity index (χ1n) is 8.82. The van der Waals surface area contributed by atoms with Crippen LogP contribution in [-0.4, -0.2) is 55.0 Å². The second kappa shape index (κ2) is 9.47. The Morgan fingerprint density at radius 2 is 1.82 bits per heavy atom. The summed E-state index contributed by atoms with van der Waals surface area (Å²) in [5, 5.41) is 7.95. The van der Waals surface area contributed by atoms with Crippen LogP contribution in [0.25, 0.3) is 0 Å². The maximum absolute atomic E-state index is 13.1. The molecule has 2 aromatic rings. The molecule has 1 aliphatic rings. The maximum Gasteiger partial charge on any atom is 0.263 e. The number of carbonyl (C=O) groups is 1. The van der Waals surface area contributed by atoms with Gasteiger partial charge in [0.1, 0.15) is 0 Å². The monoisotopic (exact) mass is 458 g/mol. The molecule has 1 saturated heterocycles. The van der Waals surface area contributed by atoms with E-state index in [-0.39, 0.29) is 15.9 Å². The third-order valence-corrected chi connectivity index (χ3v) is 8.48. The largest absolute Gasteiger partial charge is 0.339 e. The molecule has 1 aromatic heterocycles. The maximum atomic E-state index is 13.1. The van der Waals surface area contributed by atoms with Crippen molar-refractivity contribution >= 4 is 55.9 Å². The van der Waals surface area contributed by atoms with Gasteiger partial charge in [0.25, 0.3) is 15.9 Å². The predicted molar refractivity (Wildman–Crippen MR) is 115 cm³/mol. The van der Waals surface area contributed by atoms with Crippen molar-refractivity contribution in [1.82, 2.24) is 15.1 Å². The van der Waals surface area contributed by atoms with E-state index in [1.54, 1.807) is 6.07 Å². The number of nitrogens with zero attached hydrogens (tertiary/aromatic N) is 3. The van der Waals surface area contributed by atoms with Crippen LogP contribution in [-0.2, 0) is 10.0 Å². The topological polar surface area (TPSA) is 92.3 Å². The molecule has 3 rings (SSSR count). The first-order valence-corrected chi connectivity index (χ1v) is 13.6. The van der Waals surface area contributed by atoms with Crippen LogP contribution in [0.15, 0.2) is 32.3 Å². The molecule has 0 saturated carbocycles. The van der Waals surface area contributed by atoms with Crippen LogP contribution in [0.2, 0.25) is 0 Å². The number of likely N-dealkylation sites (tertiary alicyclic amines) is 1. The highest BCUT2D eigenvalue weighted by molar-refractivity contribution is 8.00. The summed E-state index contributed by atoms with van der Waals surface area (Å²) >= 11 is 4.00. The highest BCUT2D eigenvalue weighted by Crippen LogP contribution is 2.29. The molecular weight excluding hydrogens is 436 g/mol. The average Bonchev–Trinajstić information content (AvgIpc) is 2.97. The normalized spacial score (nSPS) is 15.3. The van der Waals surface area contributed by atoms with E-state index in [0.717, 1.165) is 30.6 Å². The van der Waals surface area contributed by atoms with Gasteiger partial charge in [0.05, 0.1) is 10.5 Å². The van der Waals surface area contributed by atoms with Crippen LogP contribution in [0, 0.1) is 0 Å². The zero-order chi connectivity index (χ0) is 20.1. The van der Waals surface area contributed by atoms with Crippen molar-refractivity contribution in [2.24, 2.45) is 0 Å². The van der Waals surface area contributed by atoms with E-state index >= 15 is 0 Å². The molecule has 1 aromatic carbocycles. The zero-order valence-electron chi connectivity index (χ0n) is 15.7. The van der Waals surface area contributed by atoms with Gasteiger partial charge in [0.15, 0.2) is 4.34 Å². The third-order valence-electron chi connectivity index (χ3n) is 4.41. The molecule has 2 heterocycles. The third kappa shape index (κ3) is 5.00. The van der Waals surface area contributed by atoms with E-state index in [2.05, 4.69) is 14.9 Å². The van der Waals surface area contributed by atoms with Crippen molar-refractivity contribution in [2.75, 3.05) is 30.3 Å². The first-order chi connectivity index (χ1) is 13.4. The highest BCUT2D eigenvalue weighted by Gasteiger charge is 2.24. The van der Waals surface area contributed by atoms with Gasteiger partial charge in [-0.3, -0.25) is 9.52 Å². The fraction of sp³-hybridized carbons (Fsp3) is 0.471. The molecule has 0 aliphatic carbocycles. The van der Waals surface area contributed by atoms with Crippen LogP contribution in [0.4, 0.5) is 5.13 Å². The van der Waals surface area contributed by atoms with Gasteiger partial charge in [-0.05, 0) is 43.6 Å². The molecular formula is C17H22N4O3S4. The summed E-state index contributed by atoms with van der Waals surface area (Å²) in [7, 11) is -3.86. The Balaban J connectivity index is 1.89. The van der Waals surface area contributed by atoms with Crippen LogP contribution in [0.1, 0.15) is 36.0 Å². The standard InChI is InChI=1S/C17H22N4O3S4/c1-25-14-8-7-12(28(23,24)20-16-18-19-17(26-2)27-16)11-13(14)15(22)21-9-5-3-4-6-10-21/h7-8,11H,3-6,9-10H2,1-2H3,(H,18,20). The molecule has 1 N–H and O–H groups in total. The molecule has 0 spiro atoms. The number of rotatable bonds is 6. The summed E-state index contributed by atoms with van der Waals surface area (Å²) in [4.78, 5) is 15.7. The fourth-order valence-electron chi connectivity index (χ4n) is 2.97. The van der Waals surface area contributed by atoms with Crippen LogP contribution in [0.5, 0.6) is 0 Å². The van der Waals surface area contributed by atoms with Gasteiger partial charge in [0.2, 0.25) is 5.13 Å². The van der Waals surface area contributed by atoms with Gasteiger partial charge < -0.3 is 4.90 Å². The number of sulfonamides is 1. The first kappa shape index (κ1) is 21.4. The number of hydrogen-bond donors (Lipinski definition) is 1. The second-order valence-corrected chi connectivity index (χ2v) is 10.8. The Kier molecular flexibility index (Phi) is 7.24. The smallest absolute Gasteiger partial charge is 0.263 e. The lowest BCUT2D eigenvalue weighted by Gasteiger charge is -2.22. The Morgan fingerprint density at radius 1 is 1.11 bits per heavy atom. The van der Waals surface area contributed by atoms with Crippen molar-refractivity contribution in [3.05, 3.63) is 23.8 Å². The van der Waals surface area contributed by atoms with Crippen molar-refractivity contribution < 1.29 is 13.2 Å². The highest BCUT2D eigenvalue weighted by atomic mass is 32.2. The second-order valence-electron chi connectivity index (χ2n) is 6.25. The Labute approximate surface area is 177 Å². The fourth-order valence-corrected chi connectivity index (χ4v) is 5.97. The molecule has 1 fully saturated rings. The van der Waals surface area contributed by atoms with Gasteiger partial charge in [-0.2, -0.15) is 0 Å².